The zero-order valence-electron chi connectivity index (χ0n) is 23.8. The molecule has 1 fully saturated rings. The van der Waals surface area contributed by atoms with Crippen LogP contribution in [0.25, 0.3) is 0 Å². The van der Waals surface area contributed by atoms with Crippen LogP contribution in [0.2, 0.25) is 0 Å². The Morgan fingerprint density at radius 3 is 2.54 bits per heavy atom. The van der Waals surface area contributed by atoms with E-state index in [1.807, 2.05) is 39.0 Å². The summed E-state index contributed by atoms with van der Waals surface area (Å²) in [6, 6.07) is 10.2. The van der Waals surface area contributed by atoms with Gasteiger partial charge in [0.25, 0.3) is 0 Å². The molecule has 7 atom stereocenters. The second-order valence-corrected chi connectivity index (χ2v) is 13.3. The smallest absolute Gasteiger partial charge is 0.0809 e. The standard InChI is InChI=1S/C34H50O3/c1-23(11-9-19-33(3,4)37)29-17-18-30-26(14-10-20-34(29,30)5)15-16-27-22-31(35)28(32(36)24(27)2)21-25-12-7-6-8-13-25/h6-8,12-16,23,28-32,35-37H,9-11,17-22H2,1-5H3/b16-15-/t23-,28+,29-,30+,31-,32-,34-/m1/s1. The predicted octanol–water partition coefficient (Wildman–Crippen LogP) is 7.17. The molecule has 37 heavy (non-hydrogen) atoms. The van der Waals surface area contributed by atoms with Crippen LogP contribution in [0.3, 0.4) is 0 Å². The molecule has 0 bridgehead atoms. The summed E-state index contributed by atoms with van der Waals surface area (Å²) in [5.74, 6) is 1.83. The highest BCUT2D eigenvalue weighted by Crippen LogP contribution is 2.59. The molecule has 3 N–H and O–H groups in total. The Labute approximate surface area is 225 Å². The summed E-state index contributed by atoms with van der Waals surface area (Å²) in [5, 5.41) is 32.2. The van der Waals surface area contributed by atoms with Crippen LogP contribution >= 0.6 is 0 Å². The van der Waals surface area contributed by atoms with Crippen LogP contribution in [0.15, 0.2) is 65.3 Å². The van der Waals surface area contributed by atoms with Crippen molar-refractivity contribution in [1.82, 2.24) is 0 Å². The third-order valence-corrected chi connectivity index (χ3v) is 10.1. The quantitative estimate of drug-likeness (QED) is 0.333. The normalized spacial score (nSPS) is 33.5. The lowest BCUT2D eigenvalue weighted by Crippen LogP contribution is -2.38. The van der Waals surface area contributed by atoms with Gasteiger partial charge in [-0.2, -0.15) is 0 Å². The minimum atomic E-state index is -0.616. The van der Waals surface area contributed by atoms with Gasteiger partial charge < -0.3 is 15.3 Å². The summed E-state index contributed by atoms with van der Waals surface area (Å²) < 4.78 is 0. The van der Waals surface area contributed by atoms with E-state index in [1.165, 1.54) is 31.3 Å². The molecular formula is C34H50O3. The van der Waals surface area contributed by atoms with Crippen LogP contribution < -0.4 is 0 Å². The lowest BCUT2D eigenvalue weighted by molar-refractivity contribution is 0.0203. The first kappa shape index (κ1) is 28.3. The largest absolute Gasteiger partial charge is 0.392 e. The van der Waals surface area contributed by atoms with E-state index in [-0.39, 0.29) is 5.92 Å². The number of allylic oxidation sites excluding steroid dienone is 4. The van der Waals surface area contributed by atoms with Crippen molar-refractivity contribution in [2.24, 2.45) is 29.1 Å². The number of benzene rings is 1. The zero-order valence-corrected chi connectivity index (χ0v) is 23.8. The van der Waals surface area contributed by atoms with Crippen molar-refractivity contribution in [1.29, 1.82) is 0 Å². The van der Waals surface area contributed by atoms with Crippen LogP contribution in [0.4, 0.5) is 0 Å². The number of aliphatic hydroxyl groups excluding tert-OH is 2. The highest BCUT2D eigenvalue weighted by molar-refractivity contribution is 5.38. The van der Waals surface area contributed by atoms with E-state index >= 15 is 0 Å². The Balaban J connectivity index is 1.43. The van der Waals surface area contributed by atoms with Crippen molar-refractivity contribution in [3.8, 4) is 0 Å². The first-order valence-electron chi connectivity index (χ1n) is 14.7. The molecule has 0 heterocycles. The summed E-state index contributed by atoms with van der Waals surface area (Å²) in [4.78, 5) is 0. The van der Waals surface area contributed by atoms with Gasteiger partial charge in [-0.25, -0.2) is 0 Å². The minimum Gasteiger partial charge on any atom is -0.392 e. The fourth-order valence-corrected chi connectivity index (χ4v) is 7.83. The van der Waals surface area contributed by atoms with E-state index in [1.54, 1.807) is 0 Å². The zero-order chi connectivity index (χ0) is 26.8. The van der Waals surface area contributed by atoms with Crippen molar-refractivity contribution in [3.05, 3.63) is 70.8 Å². The Kier molecular flexibility index (Phi) is 8.88. The van der Waals surface area contributed by atoms with Crippen LogP contribution in [0.5, 0.6) is 0 Å². The van der Waals surface area contributed by atoms with Crippen LogP contribution in [-0.4, -0.2) is 33.1 Å². The summed E-state index contributed by atoms with van der Waals surface area (Å²) >= 11 is 0. The summed E-state index contributed by atoms with van der Waals surface area (Å²) in [6.07, 6.45) is 15.2. The molecule has 0 aliphatic heterocycles. The lowest BCUT2D eigenvalue weighted by Gasteiger charge is -2.43. The maximum Gasteiger partial charge on any atom is 0.0809 e. The van der Waals surface area contributed by atoms with Crippen LogP contribution in [0, 0.1) is 29.1 Å². The molecule has 0 spiro atoms. The van der Waals surface area contributed by atoms with Gasteiger partial charge in [0.05, 0.1) is 17.8 Å². The summed E-state index contributed by atoms with van der Waals surface area (Å²) in [7, 11) is 0. The average Bonchev–Trinajstić information content (AvgIpc) is 3.20. The van der Waals surface area contributed by atoms with E-state index in [9.17, 15) is 15.3 Å². The molecule has 1 aromatic carbocycles. The molecule has 3 aliphatic rings. The molecule has 0 unspecified atom stereocenters. The van der Waals surface area contributed by atoms with Crippen LogP contribution in [-0.2, 0) is 6.42 Å². The third kappa shape index (κ3) is 6.49. The number of rotatable bonds is 9. The van der Waals surface area contributed by atoms with Crippen molar-refractivity contribution < 1.29 is 15.3 Å². The molecule has 0 radical (unpaired) electrons. The number of fused-ring (bicyclic) bond motifs is 1. The van der Waals surface area contributed by atoms with E-state index in [0.29, 0.717) is 30.1 Å². The SMILES string of the molecule is CC1=C(/C=C\C2=CCC[C@]3(C)[C@@H]([C@H](C)CCCC(C)(C)O)CC[C@@H]23)C[C@@H](O)[C@H](Cc2ccccc2)[C@@H]1O. The van der Waals surface area contributed by atoms with Gasteiger partial charge in [-0.1, -0.05) is 75.2 Å². The Morgan fingerprint density at radius 1 is 1.11 bits per heavy atom. The lowest BCUT2D eigenvalue weighted by atomic mass is 9.62. The molecule has 1 saturated carbocycles. The Bertz CT molecular complexity index is 998. The van der Waals surface area contributed by atoms with E-state index in [2.05, 4.69) is 44.2 Å². The average molecular weight is 507 g/mol. The van der Waals surface area contributed by atoms with Gasteiger partial charge in [-0.05, 0) is 111 Å². The van der Waals surface area contributed by atoms with Gasteiger partial charge in [0.1, 0.15) is 0 Å². The van der Waals surface area contributed by atoms with E-state index in [0.717, 1.165) is 41.9 Å². The molecule has 4 rings (SSSR count). The topological polar surface area (TPSA) is 60.7 Å². The predicted molar refractivity (Wildman–Crippen MR) is 153 cm³/mol. The minimum absolute atomic E-state index is 0.162. The van der Waals surface area contributed by atoms with Crippen molar-refractivity contribution in [2.45, 2.75) is 110 Å². The molecule has 0 aromatic heterocycles. The summed E-state index contributed by atoms with van der Waals surface area (Å²) in [6.45, 7) is 10.8. The molecule has 0 saturated heterocycles. The first-order chi connectivity index (χ1) is 17.5. The van der Waals surface area contributed by atoms with E-state index < -0.39 is 17.8 Å². The fourth-order valence-electron chi connectivity index (χ4n) is 7.83. The fraction of sp³-hybridized carbons (Fsp3) is 0.647. The maximum absolute atomic E-state index is 11.1. The van der Waals surface area contributed by atoms with Crippen LogP contribution in [0.1, 0.15) is 91.5 Å². The Morgan fingerprint density at radius 2 is 1.84 bits per heavy atom. The monoisotopic (exact) mass is 506 g/mol. The molecule has 0 amide bonds. The molecule has 3 heteroatoms. The van der Waals surface area contributed by atoms with Gasteiger partial charge in [0, 0.05) is 5.92 Å². The highest BCUT2D eigenvalue weighted by atomic mass is 16.3. The van der Waals surface area contributed by atoms with Crippen molar-refractivity contribution in [2.75, 3.05) is 0 Å². The van der Waals surface area contributed by atoms with Gasteiger partial charge in [0.15, 0.2) is 0 Å². The van der Waals surface area contributed by atoms with Crippen molar-refractivity contribution >= 4 is 0 Å². The first-order valence-corrected chi connectivity index (χ1v) is 14.7. The maximum atomic E-state index is 11.1. The van der Waals surface area contributed by atoms with Crippen molar-refractivity contribution in [3.63, 3.8) is 0 Å². The second kappa shape index (κ2) is 11.6. The highest BCUT2D eigenvalue weighted by Gasteiger charge is 2.49. The van der Waals surface area contributed by atoms with Gasteiger partial charge >= 0.3 is 0 Å². The van der Waals surface area contributed by atoms with Gasteiger partial charge in [-0.15, -0.1) is 0 Å². The number of hydrogen-bond donors (Lipinski definition) is 3. The molecule has 204 valence electrons. The molecule has 3 nitrogen and oxygen atoms in total. The van der Waals surface area contributed by atoms with Gasteiger partial charge in [-0.3, -0.25) is 0 Å². The van der Waals surface area contributed by atoms with Gasteiger partial charge in [0.2, 0.25) is 0 Å². The summed E-state index contributed by atoms with van der Waals surface area (Å²) in [5.41, 5.74) is 4.48. The van der Waals surface area contributed by atoms with E-state index in [4.69, 9.17) is 0 Å². The molecule has 3 aliphatic carbocycles. The molecule has 1 aromatic rings. The molecular weight excluding hydrogens is 456 g/mol. The number of aliphatic hydroxyl groups is 3. The Hall–Kier alpha value is -1.68. The number of hydrogen-bond acceptors (Lipinski definition) is 3. The third-order valence-electron chi connectivity index (χ3n) is 10.1. The second-order valence-electron chi connectivity index (χ2n) is 13.3.